The summed E-state index contributed by atoms with van der Waals surface area (Å²) < 4.78 is 5.19. The van der Waals surface area contributed by atoms with Crippen molar-refractivity contribution in [1.29, 1.82) is 0 Å². The van der Waals surface area contributed by atoms with Gasteiger partial charge in [0.25, 0.3) is 0 Å². The minimum atomic E-state index is -0.889. The van der Waals surface area contributed by atoms with Crippen LogP contribution in [0.2, 0.25) is 0 Å². The third-order valence-corrected chi connectivity index (χ3v) is 2.43. The second-order valence-corrected chi connectivity index (χ2v) is 3.61. The zero-order valence-electron chi connectivity index (χ0n) is 8.36. The fourth-order valence-electron chi connectivity index (χ4n) is 1.59. The molecule has 1 aliphatic rings. The lowest BCUT2D eigenvalue weighted by Gasteiger charge is -2.26. The average molecular weight is 200 g/mol. The third-order valence-electron chi connectivity index (χ3n) is 2.43. The fourth-order valence-corrected chi connectivity index (χ4v) is 1.59. The summed E-state index contributed by atoms with van der Waals surface area (Å²) in [6.45, 7) is 2.07. The van der Waals surface area contributed by atoms with Crippen LogP contribution in [0.3, 0.4) is 0 Å². The molecular weight excluding hydrogens is 184 g/mol. The van der Waals surface area contributed by atoms with Gasteiger partial charge in [0.05, 0.1) is 0 Å². The first kappa shape index (κ1) is 11.0. The molecule has 0 saturated carbocycles. The van der Waals surface area contributed by atoms with Gasteiger partial charge in [-0.25, -0.2) is 0 Å². The highest BCUT2D eigenvalue weighted by atomic mass is 16.5. The lowest BCUT2D eigenvalue weighted by Crippen LogP contribution is -2.41. The number of likely N-dealkylation sites (N-methyl/N-ethyl adjacent to an activating group) is 1. The SMILES string of the molecule is CN(CC1CCOCC1)C(=O)C(N)=O. The van der Waals surface area contributed by atoms with E-state index in [1.165, 1.54) is 4.90 Å². The minimum absolute atomic E-state index is 0.428. The van der Waals surface area contributed by atoms with E-state index >= 15 is 0 Å². The molecule has 1 heterocycles. The van der Waals surface area contributed by atoms with Crippen molar-refractivity contribution in [3.63, 3.8) is 0 Å². The first-order valence-corrected chi connectivity index (χ1v) is 4.74. The monoisotopic (exact) mass is 200 g/mol. The van der Waals surface area contributed by atoms with E-state index in [2.05, 4.69) is 0 Å². The highest BCUT2D eigenvalue weighted by Crippen LogP contribution is 2.15. The van der Waals surface area contributed by atoms with Gasteiger partial charge in [-0.05, 0) is 18.8 Å². The number of carbonyl (C=O) groups is 2. The Labute approximate surface area is 83.2 Å². The van der Waals surface area contributed by atoms with Crippen molar-refractivity contribution in [2.75, 3.05) is 26.8 Å². The quantitative estimate of drug-likeness (QED) is 0.602. The lowest BCUT2D eigenvalue weighted by molar-refractivity contribution is -0.143. The van der Waals surface area contributed by atoms with Gasteiger partial charge in [-0.2, -0.15) is 0 Å². The summed E-state index contributed by atoms with van der Waals surface area (Å²) in [4.78, 5) is 23.1. The number of rotatable bonds is 2. The van der Waals surface area contributed by atoms with Crippen molar-refractivity contribution in [1.82, 2.24) is 4.90 Å². The Bertz CT molecular complexity index is 224. The molecule has 1 rings (SSSR count). The average Bonchev–Trinajstić information content (AvgIpc) is 2.18. The summed E-state index contributed by atoms with van der Waals surface area (Å²) in [7, 11) is 1.60. The van der Waals surface area contributed by atoms with E-state index in [-0.39, 0.29) is 0 Å². The van der Waals surface area contributed by atoms with Gasteiger partial charge < -0.3 is 15.4 Å². The first-order valence-electron chi connectivity index (χ1n) is 4.74. The Kier molecular flexibility index (Phi) is 3.88. The van der Waals surface area contributed by atoms with Gasteiger partial charge in [-0.1, -0.05) is 0 Å². The summed E-state index contributed by atoms with van der Waals surface area (Å²) in [5, 5.41) is 0. The Morgan fingerprint density at radius 2 is 2.00 bits per heavy atom. The fraction of sp³-hybridized carbons (Fsp3) is 0.778. The summed E-state index contributed by atoms with van der Waals surface area (Å²) >= 11 is 0. The molecule has 0 atom stereocenters. The molecule has 1 saturated heterocycles. The molecule has 2 amide bonds. The molecule has 0 aliphatic carbocycles. The number of nitrogens with zero attached hydrogens (tertiary/aromatic N) is 1. The highest BCUT2D eigenvalue weighted by molar-refractivity contribution is 6.34. The number of carbonyl (C=O) groups excluding carboxylic acids is 2. The van der Waals surface area contributed by atoms with E-state index in [4.69, 9.17) is 10.5 Å². The number of hydrogen-bond acceptors (Lipinski definition) is 3. The van der Waals surface area contributed by atoms with Gasteiger partial charge in [-0.3, -0.25) is 9.59 Å². The van der Waals surface area contributed by atoms with Crippen molar-refractivity contribution in [2.24, 2.45) is 11.7 Å². The van der Waals surface area contributed by atoms with E-state index in [0.29, 0.717) is 12.5 Å². The molecular formula is C9H16N2O3. The predicted molar refractivity (Wildman–Crippen MR) is 50.4 cm³/mol. The van der Waals surface area contributed by atoms with Crippen molar-refractivity contribution in [3.8, 4) is 0 Å². The van der Waals surface area contributed by atoms with Crippen molar-refractivity contribution in [3.05, 3.63) is 0 Å². The molecule has 0 aromatic heterocycles. The molecule has 1 aliphatic heterocycles. The molecule has 0 aromatic rings. The lowest BCUT2D eigenvalue weighted by atomic mass is 10.00. The van der Waals surface area contributed by atoms with E-state index < -0.39 is 11.8 Å². The molecule has 1 fully saturated rings. The smallest absolute Gasteiger partial charge is 0.311 e. The van der Waals surface area contributed by atoms with Crippen LogP contribution in [0.25, 0.3) is 0 Å². The molecule has 0 bridgehead atoms. The molecule has 0 unspecified atom stereocenters. The standard InChI is InChI=1S/C9H16N2O3/c1-11(9(13)8(10)12)6-7-2-4-14-5-3-7/h7H,2-6H2,1H3,(H2,10,12). The molecule has 5 nitrogen and oxygen atoms in total. The van der Waals surface area contributed by atoms with Gasteiger partial charge in [-0.15, -0.1) is 0 Å². The van der Waals surface area contributed by atoms with Crippen LogP contribution in [0.4, 0.5) is 0 Å². The summed E-state index contributed by atoms with van der Waals surface area (Å²) in [5.41, 5.74) is 4.89. The predicted octanol–water partition coefficient (Wildman–Crippen LogP) is -0.643. The first-order chi connectivity index (χ1) is 6.61. The van der Waals surface area contributed by atoms with Crippen LogP contribution in [0.5, 0.6) is 0 Å². The van der Waals surface area contributed by atoms with E-state index in [1.54, 1.807) is 7.05 Å². The molecule has 2 N–H and O–H groups in total. The van der Waals surface area contributed by atoms with Crippen LogP contribution in [-0.4, -0.2) is 43.5 Å². The second kappa shape index (κ2) is 4.95. The normalized spacial score (nSPS) is 17.8. The summed E-state index contributed by atoms with van der Waals surface area (Å²) in [6, 6.07) is 0. The number of primary amides is 1. The number of hydrogen-bond donors (Lipinski definition) is 1. The maximum absolute atomic E-state index is 11.1. The van der Waals surface area contributed by atoms with Crippen molar-refractivity contribution in [2.45, 2.75) is 12.8 Å². The van der Waals surface area contributed by atoms with Crippen LogP contribution >= 0.6 is 0 Å². The van der Waals surface area contributed by atoms with Crippen LogP contribution in [0.15, 0.2) is 0 Å². The summed E-state index contributed by atoms with van der Waals surface area (Å²) in [5.74, 6) is -1.08. The zero-order valence-corrected chi connectivity index (χ0v) is 8.36. The number of nitrogens with two attached hydrogens (primary N) is 1. The molecule has 5 heteroatoms. The Morgan fingerprint density at radius 3 is 2.50 bits per heavy atom. The molecule has 14 heavy (non-hydrogen) atoms. The maximum atomic E-state index is 11.1. The van der Waals surface area contributed by atoms with Gasteiger partial charge in [0.1, 0.15) is 0 Å². The summed E-state index contributed by atoms with van der Waals surface area (Å²) in [6.07, 6.45) is 1.88. The van der Waals surface area contributed by atoms with E-state index in [9.17, 15) is 9.59 Å². The van der Waals surface area contributed by atoms with Gasteiger partial charge in [0.15, 0.2) is 0 Å². The Morgan fingerprint density at radius 1 is 1.43 bits per heavy atom. The molecule has 80 valence electrons. The third kappa shape index (κ3) is 2.99. The molecule has 0 aromatic carbocycles. The highest BCUT2D eigenvalue weighted by Gasteiger charge is 2.20. The second-order valence-electron chi connectivity index (χ2n) is 3.61. The Balaban J connectivity index is 2.35. The van der Waals surface area contributed by atoms with Crippen LogP contribution in [0, 0.1) is 5.92 Å². The topological polar surface area (TPSA) is 72.6 Å². The van der Waals surface area contributed by atoms with Gasteiger partial charge in [0, 0.05) is 26.8 Å². The van der Waals surface area contributed by atoms with Crippen LogP contribution < -0.4 is 5.73 Å². The van der Waals surface area contributed by atoms with Gasteiger partial charge >= 0.3 is 11.8 Å². The Hall–Kier alpha value is -1.10. The minimum Gasteiger partial charge on any atom is -0.381 e. The van der Waals surface area contributed by atoms with Crippen molar-refractivity contribution >= 4 is 11.8 Å². The maximum Gasteiger partial charge on any atom is 0.311 e. The van der Waals surface area contributed by atoms with E-state index in [1.807, 2.05) is 0 Å². The molecule has 0 radical (unpaired) electrons. The van der Waals surface area contributed by atoms with Crippen molar-refractivity contribution < 1.29 is 14.3 Å². The largest absolute Gasteiger partial charge is 0.381 e. The van der Waals surface area contributed by atoms with Gasteiger partial charge in [0.2, 0.25) is 0 Å². The van der Waals surface area contributed by atoms with Crippen LogP contribution in [0.1, 0.15) is 12.8 Å². The van der Waals surface area contributed by atoms with Crippen LogP contribution in [-0.2, 0) is 14.3 Å². The number of ether oxygens (including phenoxy) is 1. The van der Waals surface area contributed by atoms with E-state index in [0.717, 1.165) is 26.1 Å². The zero-order chi connectivity index (χ0) is 10.6. The number of amides is 2. The molecule has 0 spiro atoms.